The SMILES string of the molecule is C=NNc1ncc(C(N)=O)c(NC2CC2)n1. The smallest absolute Gasteiger partial charge is 0.254 e. The van der Waals surface area contributed by atoms with Crippen LogP contribution in [0.5, 0.6) is 0 Å². The largest absolute Gasteiger partial charge is 0.367 e. The highest BCUT2D eigenvalue weighted by molar-refractivity contribution is 5.97. The Hall–Kier alpha value is -2.18. The highest BCUT2D eigenvalue weighted by Gasteiger charge is 2.24. The fourth-order valence-corrected chi connectivity index (χ4v) is 1.22. The molecular weight excluding hydrogens is 208 g/mol. The zero-order valence-corrected chi connectivity index (χ0v) is 8.60. The molecule has 1 aromatic rings. The van der Waals surface area contributed by atoms with Crippen LogP contribution in [0, 0.1) is 0 Å². The maximum atomic E-state index is 11.1. The lowest BCUT2D eigenvalue weighted by Gasteiger charge is -2.08. The summed E-state index contributed by atoms with van der Waals surface area (Å²) in [5, 5.41) is 6.56. The minimum Gasteiger partial charge on any atom is -0.367 e. The van der Waals surface area contributed by atoms with E-state index in [1.54, 1.807) is 0 Å². The number of rotatable bonds is 5. The summed E-state index contributed by atoms with van der Waals surface area (Å²) < 4.78 is 0. The summed E-state index contributed by atoms with van der Waals surface area (Å²) in [5.41, 5.74) is 8.01. The molecular formula is C9H12N6O. The molecule has 1 heterocycles. The third-order valence-electron chi connectivity index (χ3n) is 2.15. The van der Waals surface area contributed by atoms with E-state index in [1.807, 2.05) is 0 Å². The van der Waals surface area contributed by atoms with E-state index in [2.05, 4.69) is 32.5 Å². The molecule has 1 saturated carbocycles. The Morgan fingerprint density at radius 3 is 2.94 bits per heavy atom. The van der Waals surface area contributed by atoms with Crippen LogP contribution in [0.15, 0.2) is 11.3 Å². The lowest BCUT2D eigenvalue weighted by atomic mass is 10.3. The van der Waals surface area contributed by atoms with E-state index in [9.17, 15) is 4.79 Å². The van der Waals surface area contributed by atoms with E-state index in [-0.39, 0.29) is 11.5 Å². The number of aromatic nitrogens is 2. The molecule has 1 fully saturated rings. The highest BCUT2D eigenvalue weighted by Crippen LogP contribution is 2.25. The van der Waals surface area contributed by atoms with E-state index < -0.39 is 5.91 Å². The van der Waals surface area contributed by atoms with Crippen molar-refractivity contribution < 1.29 is 4.79 Å². The van der Waals surface area contributed by atoms with Gasteiger partial charge >= 0.3 is 0 Å². The van der Waals surface area contributed by atoms with Crippen LogP contribution in [-0.4, -0.2) is 28.6 Å². The molecule has 0 unspecified atom stereocenters. The number of nitrogens with two attached hydrogens (primary N) is 1. The number of nitrogens with zero attached hydrogens (tertiary/aromatic N) is 3. The first-order valence-corrected chi connectivity index (χ1v) is 4.86. The second-order valence-corrected chi connectivity index (χ2v) is 3.51. The molecule has 1 aliphatic carbocycles. The molecule has 0 atom stereocenters. The first-order chi connectivity index (χ1) is 7.70. The predicted molar refractivity (Wildman–Crippen MR) is 60.4 cm³/mol. The summed E-state index contributed by atoms with van der Waals surface area (Å²) in [7, 11) is 0. The van der Waals surface area contributed by atoms with Crippen molar-refractivity contribution in [2.45, 2.75) is 18.9 Å². The summed E-state index contributed by atoms with van der Waals surface area (Å²) in [5.74, 6) is 0.167. The van der Waals surface area contributed by atoms with Crippen molar-refractivity contribution in [3.05, 3.63) is 11.8 Å². The van der Waals surface area contributed by atoms with E-state index in [4.69, 9.17) is 5.73 Å². The van der Waals surface area contributed by atoms with Crippen molar-refractivity contribution in [3.63, 3.8) is 0 Å². The van der Waals surface area contributed by atoms with Gasteiger partial charge in [-0.05, 0) is 12.8 Å². The van der Waals surface area contributed by atoms with Crippen LogP contribution in [-0.2, 0) is 0 Å². The molecule has 0 saturated heterocycles. The van der Waals surface area contributed by atoms with E-state index in [1.165, 1.54) is 6.20 Å². The fraction of sp³-hybridized carbons (Fsp3) is 0.333. The standard InChI is InChI=1S/C9H12N6O/c1-11-15-9-12-4-6(7(10)16)8(14-9)13-5-2-3-5/h4-5H,1-3H2,(H2,10,16)(H2,12,13,14,15). The molecule has 0 bridgehead atoms. The molecule has 0 aliphatic heterocycles. The highest BCUT2D eigenvalue weighted by atomic mass is 16.1. The maximum Gasteiger partial charge on any atom is 0.254 e. The van der Waals surface area contributed by atoms with Crippen molar-refractivity contribution in [1.29, 1.82) is 0 Å². The topological polar surface area (TPSA) is 105 Å². The number of hydrogen-bond acceptors (Lipinski definition) is 6. The minimum atomic E-state index is -0.554. The molecule has 84 valence electrons. The predicted octanol–water partition coefficient (Wildman–Crippen LogP) is 0.177. The van der Waals surface area contributed by atoms with Gasteiger partial charge in [0, 0.05) is 19.0 Å². The monoisotopic (exact) mass is 220 g/mol. The lowest BCUT2D eigenvalue weighted by Crippen LogP contribution is -2.17. The number of primary amides is 1. The minimum absolute atomic E-state index is 0.279. The number of hydrazone groups is 1. The Balaban J connectivity index is 2.29. The summed E-state index contributed by atoms with van der Waals surface area (Å²) in [4.78, 5) is 19.1. The van der Waals surface area contributed by atoms with Crippen LogP contribution in [0.1, 0.15) is 23.2 Å². The number of nitrogens with one attached hydrogen (secondary N) is 2. The molecule has 7 nitrogen and oxygen atoms in total. The van der Waals surface area contributed by atoms with Gasteiger partial charge < -0.3 is 11.1 Å². The maximum absolute atomic E-state index is 11.1. The van der Waals surface area contributed by atoms with Crippen LogP contribution in [0.25, 0.3) is 0 Å². The van der Waals surface area contributed by atoms with Gasteiger partial charge in [0.1, 0.15) is 5.82 Å². The van der Waals surface area contributed by atoms with Crippen molar-refractivity contribution in [2.75, 3.05) is 10.7 Å². The average Bonchev–Trinajstić information content (AvgIpc) is 3.02. The van der Waals surface area contributed by atoms with E-state index >= 15 is 0 Å². The van der Waals surface area contributed by atoms with Crippen LogP contribution in [0.2, 0.25) is 0 Å². The van der Waals surface area contributed by atoms with E-state index in [0.29, 0.717) is 11.9 Å². The Kier molecular flexibility index (Phi) is 2.67. The Labute approximate surface area is 92.2 Å². The summed E-state index contributed by atoms with van der Waals surface area (Å²) in [6.07, 6.45) is 3.52. The number of carbonyl (C=O) groups is 1. The van der Waals surface area contributed by atoms with E-state index in [0.717, 1.165) is 12.8 Å². The first-order valence-electron chi connectivity index (χ1n) is 4.86. The number of anilines is 2. The van der Waals surface area contributed by atoms with Gasteiger partial charge in [-0.2, -0.15) is 10.1 Å². The second kappa shape index (κ2) is 4.13. The van der Waals surface area contributed by atoms with Crippen molar-refractivity contribution in [2.24, 2.45) is 10.8 Å². The number of amides is 1. The molecule has 7 heteroatoms. The Morgan fingerprint density at radius 2 is 2.38 bits per heavy atom. The van der Waals surface area contributed by atoms with Gasteiger partial charge in [-0.25, -0.2) is 10.4 Å². The van der Waals surface area contributed by atoms with Gasteiger partial charge in [0.15, 0.2) is 0 Å². The van der Waals surface area contributed by atoms with Crippen molar-refractivity contribution in [3.8, 4) is 0 Å². The van der Waals surface area contributed by atoms with Crippen molar-refractivity contribution >= 4 is 24.4 Å². The molecule has 2 rings (SSSR count). The Morgan fingerprint density at radius 1 is 1.62 bits per heavy atom. The third-order valence-corrected chi connectivity index (χ3v) is 2.15. The van der Waals surface area contributed by atoms with Gasteiger partial charge in [0.2, 0.25) is 5.95 Å². The quantitative estimate of drug-likeness (QED) is 0.484. The zero-order chi connectivity index (χ0) is 11.5. The third kappa shape index (κ3) is 2.25. The average molecular weight is 220 g/mol. The van der Waals surface area contributed by atoms with Gasteiger partial charge in [-0.1, -0.05) is 0 Å². The van der Waals surface area contributed by atoms with Gasteiger partial charge in [-0.3, -0.25) is 4.79 Å². The van der Waals surface area contributed by atoms with Crippen molar-refractivity contribution in [1.82, 2.24) is 9.97 Å². The van der Waals surface area contributed by atoms with Crippen LogP contribution >= 0.6 is 0 Å². The van der Waals surface area contributed by atoms with Gasteiger partial charge in [0.05, 0.1) is 5.56 Å². The molecule has 0 radical (unpaired) electrons. The summed E-state index contributed by atoms with van der Waals surface area (Å²) in [6.45, 7) is 3.26. The molecule has 0 aromatic carbocycles. The first kappa shape index (κ1) is 10.3. The lowest BCUT2D eigenvalue weighted by molar-refractivity contribution is 0.100. The molecule has 4 N–H and O–H groups in total. The summed E-state index contributed by atoms with van der Waals surface area (Å²) >= 11 is 0. The number of carbonyl (C=O) groups excluding carboxylic acids is 1. The molecule has 1 amide bonds. The number of hydrogen-bond donors (Lipinski definition) is 3. The van der Waals surface area contributed by atoms with Gasteiger partial charge in [-0.15, -0.1) is 0 Å². The van der Waals surface area contributed by atoms with Crippen LogP contribution < -0.4 is 16.5 Å². The van der Waals surface area contributed by atoms with Gasteiger partial charge in [0.25, 0.3) is 5.91 Å². The molecule has 1 aromatic heterocycles. The molecule has 1 aliphatic rings. The van der Waals surface area contributed by atoms with Crippen LogP contribution in [0.4, 0.5) is 11.8 Å². The Bertz CT molecular complexity index is 428. The summed E-state index contributed by atoms with van der Waals surface area (Å²) in [6, 6.07) is 0.373. The fourth-order valence-electron chi connectivity index (χ4n) is 1.22. The van der Waals surface area contributed by atoms with Crippen LogP contribution in [0.3, 0.4) is 0 Å². The molecule has 16 heavy (non-hydrogen) atoms. The zero-order valence-electron chi connectivity index (χ0n) is 8.60. The second-order valence-electron chi connectivity index (χ2n) is 3.51. The molecule has 0 spiro atoms. The normalized spacial score (nSPS) is 14.2.